The molecule has 1 aromatic heterocycles. The lowest BCUT2D eigenvalue weighted by atomic mass is 10.1. The Morgan fingerprint density at radius 2 is 2.13 bits per heavy atom. The first kappa shape index (κ1) is 16.3. The van der Waals surface area contributed by atoms with E-state index < -0.39 is 0 Å². The molecule has 3 unspecified atom stereocenters. The third-order valence-corrected chi connectivity index (χ3v) is 4.47. The maximum atomic E-state index is 12.5. The molecule has 2 fully saturated rings. The fourth-order valence-electron chi connectivity index (χ4n) is 3.63. The molecule has 0 spiro atoms. The Bertz CT molecular complexity index is 537. The van der Waals surface area contributed by atoms with Gasteiger partial charge in [0.05, 0.1) is 12.2 Å². The van der Waals surface area contributed by atoms with Crippen molar-refractivity contribution in [2.45, 2.75) is 51.9 Å². The molecule has 3 atom stereocenters. The highest BCUT2D eigenvalue weighted by atomic mass is 16.5. The van der Waals surface area contributed by atoms with Gasteiger partial charge in [0.2, 0.25) is 0 Å². The fraction of sp³-hybridized carbons (Fsp3) is 0.750. The van der Waals surface area contributed by atoms with Gasteiger partial charge in [-0.15, -0.1) is 0 Å². The van der Waals surface area contributed by atoms with E-state index >= 15 is 0 Å². The molecule has 2 saturated heterocycles. The van der Waals surface area contributed by atoms with Gasteiger partial charge in [-0.2, -0.15) is 0 Å². The lowest BCUT2D eigenvalue weighted by Crippen LogP contribution is -2.51. The minimum absolute atomic E-state index is 0.0878. The minimum atomic E-state index is -0.0878. The summed E-state index contributed by atoms with van der Waals surface area (Å²) in [5, 5.41) is 6.66. The van der Waals surface area contributed by atoms with Crippen molar-refractivity contribution >= 4 is 11.8 Å². The van der Waals surface area contributed by atoms with Crippen LogP contribution in [-0.4, -0.2) is 65.4 Å². The first-order chi connectivity index (χ1) is 11.0. The number of morpholine rings is 1. The number of aryl methyl sites for hydroxylation is 1. The van der Waals surface area contributed by atoms with E-state index in [-0.39, 0.29) is 24.3 Å². The zero-order valence-corrected chi connectivity index (χ0v) is 14.1. The summed E-state index contributed by atoms with van der Waals surface area (Å²) in [7, 11) is 0. The molecule has 0 bridgehead atoms. The number of rotatable bonds is 3. The smallest absolute Gasteiger partial charge is 0.323 e. The van der Waals surface area contributed by atoms with Gasteiger partial charge in [-0.05, 0) is 33.6 Å². The van der Waals surface area contributed by atoms with Gasteiger partial charge in [0.25, 0.3) is 0 Å². The Morgan fingerprint density at radius 3 is 2.78 bits per heavy atom. The van der Waals surface area contributed by atoms with Crippen LogP contribution in [0.25, 0.3) is 0 Å². The molecule has 0 radical (unpaired) electrons. The molecule has 2 aliphatic heterocycles. The Morgan fingerprint density at radius 1 is 1.39 bits per heavy atom. The van der Waals surface area contributed by atoms with Crippen LogP contribution in [0.5, 0.6) is 0 Å². The van der Waals surface area contributed by atoms with Crippen LogP contribution >= 0.6 is 0 Å². The van der Waals surface area contributed by atoms with Crippen molar-refractivity contribution < 1.29 is 14.1 Å². The van der Waals surface area contributed by atoms with Crippen molar-refractivity contribution in [2.24, 2.45) is 0 Å². The van der Waals surface area contributed by atoms with Gasteiger partial charge in [-0.25, -0.2) is 4.79 Å². The number of urea groups is 1. The number of hydrogen-bond acceptors (Lipinski definition) is 5. The molecular weight excluding hydrogens is 296 g/mol. The predicted octanol–water partition coefficient (Wildman–Crippen LogP) is 2.09. The summed E-state index contributed by atoms with van der Waals surface area (Å²) in [6.07, 6.45) is 2.59. The second-order valence-corrected chi connectivity index (χ2v) is 6.72. The van der Waals surface area contributed by atoms with Crippen molar-refractivity contribution in [3.05, 3.63) is 11.8 Å². The highest BCUT2D eigenvalue weighted by molar-refractivity contribution is 5.88. The van der Waals surface area contributed by atoms with Gasteiger partial charge in [0, 0.05) is 38.3 Å². The van der Waals surface area contributed by atoms with E-state index in [2.05, 4.69) is 29.2 Å². The van der Waals surface area contributed by atoms with Gasteiger partial charge < -0.3 is 14.2 Å². The van der Waals surface area contributed by atoms with Crippen LogP contribution in [0.3, 0.4) is 0 Å². The Balaban J connectivity index is 1.57. The lowest BCUT2D eigenvalue weighted by Gasteiger charge is -2.38. The van der Waals surface area contributed by atoms with Crippen molar-refractivity contribution in [3.8, 4) is 0 Å². The third kappa shape index (κ3) is 4.03. The number of hydrogen-bond donors (Lipinski definition) is 1. The number of nitrogens with zero attached hydrogens (tertiary/aromatic N) is 3. The SMILES string of the molecule is Cc1cc(NC(=O)N2CCCC2CN2CC(C)OC(C)C2)no1. The largest absolute Gasteiger partial charge is 0.373 e. The van der Waals surface area contributed by atoms with E-state index in [0.29, 0.717) is 11.6 Å². The highest BCUT2D eigenvalue weighted by Crippen LogP contribution is 2.21. The Kier molecular flexibility index (Phi) is 4.87. The number of anilines is 1. The van der Waals surface area contributed by atoms with Crippen molar-refractivity contribution in [3.63, 3.8) is 0 Å². The molecule has 2 aliphatic rings. The van der Waals surface area contributed by atoms with Crippen LogP contribution < -0.4 is 5.32 Å². The van der Waals surface area contributed by atoms with Crippen LogP contribution in [-0.2, 0) is 4.74 Å². The fourth-order valence-corrected chi connectivity index (χ4v) is 3.63. The third-order valence-electron chi connectivity index (χ3n) is 4.47. The second kappa shape index (κ2) is 6.88. The van der Waals surface area contributed by atoms with Crippen LogP contribution in [0.2, 0.25) is 0 Å². The van der Waals surface area contributed by atoms with Crippen LogP contribution in [0.4, 0.5) is 10.6 Å². The molecule has 7 heteroatoms. The van der Waals surface area contributed by atoms with Gasteiger partial charge in [0.1, 0.15) is 5.76 Å². The molecule has 1 aromatic rings. The standard InChI is InChI=1S/C16H26N4O3/c1-11-7-15(18-23-11)17-16(21)20-6-4-5-14(20)10-19-8-12(2)22-13(3)9-19/h7,12-14H,4-6,8-10H2,1-3H3,(H,17,18,21). The molecule has 3 rings (SSSR count). The van der Waals surface area contributed by atoms with Gasteiger partial charge in [-0.1, -0.05) is 5.16 Å². The van der Waals surface area contributed by atoms with Crippen molar-refractivity contribution in [1.29, 1.82) is 0 Å². The zero-order chi connectivity index (χ0) is 16.4. The quantitative estimate of drug-likeness (QED) is 0.922. The van der Waals surface area contributed by atoms with E-state index in [1.54, 1.807) is 6.07 Å². The first-order valence-corrected chi connectivity index (χ1v) is 8.40. The van der Waals surface area contributed by atoms with E-state index in [4.69, 9.17) is 9.26 Å². The van der Waals surface area contributed by atoms with E-state index in [0.717, 1.165) is 39.0 Å². The molecule has 7 nitrogen and oxygen atoms in total. The minimum Gasteiger partial charge on any atom is -0.373 e. The topological polar surface area (TPSA) is 70.8 Å². The number of amides is 2. The van der Waals surface area contributed by atoms with Crippen molar-refractivity contribution in [2.75, 3.05) is 31.5 Å². The average molecular weight is 322 g/mol. The maximum Gasteiger partial charge on any atom is 0.323 e. The summed E-state index contributed by atoms with van der Waals surface area (Å²) in [5.74, 6) is 1.17. The number of carbonyl (C=O) groups excluding carboxylic acids is 1. The summed E-state index contributed by atoms with van der Waals surface area (Å²) >= 11 is 0. The molecule has 2 amide bonds. The van der Waals surface area contributed by atoms with E-state index in [9.17, 15) is 4.79 Å². The summed E-state index contributed by atoms with van der Waals surface area (Å²) in [6.45, 7) is 9.58. The lowest BCUT2D eigenvalue weighted by molar-refractivity contribution is -0.0712. The van der Waals surface area contributed by atoms with Crippen LogP contribution in [0.15, 0.2) is 10.6 Å². The van der Waals surface area contributed by atoms with Gasteiger partial charge in [0.15, 0.2) is 5.82 Å². The number of carbonyl (C=O) groups is 1. The number of ether oxygens (including phenoxy) is 1. The summed E-state index contributed by atoms with van der Waals surface area (Å²) in [5.41, 5.74) is 0. The molecule has 0 aromatic carbocycles. The van der Waals surface area contributed by atoms with Gasteiger partial charge in [-0.3, -0.25) is 10.2 Å². The van der Waals surface area contributed by atoms with Crippen LogP contribution in [0.1, 0.15) is 32.4 Å². The second-order valence-electron chi connectivity index (χ2n) is 6.72. The Hall–Kier alpha value is -1.60. The molecular formula is C16H26N4O3. The maximum absolute atomic E-state index is 12.5. The highest BCUT2D eigenvalue weighted by Gasteiger charge is 2.32. The molecule has 0 aliphatic carbocycles. The monoisotopic (exact) mass is 322 g/mol. The molecule has 1 N–H and O–H groups in total. The number of aromatic nitrogens is 1. The molecule has 23 heavy (non-hydrogen) atoms. The summed E-state index contributed by atoms with van der Waals surface area (Å²) in [4.78, 5) is 16.8. The number of nitrogens with one attached hydrogen (secondary N) is 1. The Labute approximate surface area is 136 Å². The van der Waals surface area contributed by atoms with Crippen molar-refractivity contribution in [1.82, 2.24) is 15.0 Å². The number of likely N-dealkylation sites (tertiary alicyclic amines) is 1. The summed E-state index contributed by atoms with van der Waals surface area (Å²) < 4.78 is 10.8. The average Bonchev–Trinajstić information content (AvgIpc) is 3.07. The molecule has 0 saturated carbocycles. The zero-order valence-electron chi connectivity index (χ0n) is 14.1. The van der Waals surface area contributed by atoms with E-state index in [1.807, 2.05) is 11.8 Å². The molecule has 3 heterocycles. The van der Waals surface area contributed by atoms with E-state index in [1.165, 1.54) is 0 Å². The first-order valence-electron chi connectivity index (χ1n) is 8.40. The summed E-state index contributed by atoms with van der Waals surface area (Å²) in [6, 6.07) is 1.89. The molecule has 128 valence electrons. The van der Waals surface area contributed by atoms with Gasteiger partial charge >= 0.3 is 6.03 Å². The normalized spacial score (nSPS) is 29.0. The predicted molar refractivity (Wildman–Crippen MR) is 86.4 cm³/mol. The van der Waals surface area contributed by atoms with Crippen LogP contribution in [0, 0.1) is 6.92 Å².